The molecule has 0 radical (unpaired) electrons. The maximum absolute atomic E-state index is 14.2. The molecule has 22 heavy (non-hydrogen) atoms. The summed E-state index contributed by atoms with van der Waals surface area (Å²) in [6.07, 6.45) is 1.21. The molecule has 1 N–H and O–H groups in total. The highest BCUT2D eigenvalue weighted by Gasteiger charge is 2.25. The number of pyridine rings is 1. The van der Waals surface area contributed by atoms with E-state index in [1.807, 2.05) is 6.07 Å². The summed E-state index contributed by atoms with van der Waals surface area (Å²) in [4.78, 5) is 4.32. The Morgan fingerprint density at radius 3 is 2.59 bits per heavy atom. The van der Waals surface area contributed by atoms with Crippen molar-refractivity contribution < 1.29 is 13.2 Å². The van der Waals surface area contributed by atoms with E-state index in [9.17, 15) is 13.2 Å². The molecular formula is C17H17F3N2. The van der Waals surface area contributed by atoms with E-state index in [1.54, 1.807) is 19.2 Å². The Balaban J connectivity index is 1.81. The van der Waals surface area contributed by atoms with Crippen LogP contribution in [-0.4, -0.2) is 4.98 Å². The quantitative estimate of drug-likeness (QED) is 0.820. The molecular weight excluding hydrogens is 289 g/mol. The second-order valence-corrected chi connectivity index (χ2v) is 5.66. The van der Waals surface area contributed by atoms with Crippen molar-refractivity contribution in [1.29, 1.82) is 0 Å². The van der Waals surface area contributed by atoms with E-state index in [-0.39, 0.29) is 5.56 Å². The molecule has 1 aromatic heterocycles. The highest BCUT2D eigenvalue weighted by atomic mass is 19.3. The summed E-state index contributed by atoms with van der Waals surface area (Å²) >= 11 is 0. The molecule has 1 unspecified atom stereocenters. The zero-order valence-electron chi connectivity index (χ0n) is 12.2. The maximum atomic E-state index is 14.2. The van der Waals surface area contributed by atoms with E-state index < -0.39 is 23.8 Å². The van der Waals surface area contributed by atoms with Gasteiger partial charge in [-0.05, 0) is 31.9 Å². The van der Waals surface area contributed by atoms with Crippen molar-refractivity contribution in [2.45, 2.75) is 38.2 Å². The average molecular weight is 306 g/mol. The Hall–Kier alpha value is -2.04. The van der Waals surface area contributed by atoms with E-state index >= 15 is 0 Å². The van der Waals surface area contributed by atoms with E-state index in [0.717, 1.165) is 30.3 Å². The molecule has 1 atom stereocenters. The minimum atomic E-state index is -2.81. The summed E-state index contributed by atoms with van der Waals surface area (Å²) < 4.78 is 39.7. The third-order valence-corrected chi connectivity index (χ3v) is 3.92. The van der Waals surface area contributed by atoms with Crippen LogP contribution in [0.4, 0.5) is 18.9 Å². The molecule has 116 valence electrons. The van der Waals surface area contributed by atoms with Gasteiger partial charge in [0, 0.05) is 29.1 Å². The molecule has 2 nitrogen and oxygen atoms in total. The van der Waals surface area contributed by atoms with Crippen molar-refractivity contribution in [2.24, 2.45) is 0 Å². The molecule has 0 aliphatic heterocycles. The Morgan fingerprint density at radius 1 is 1.18 bits per heavy atom. The topological polar surface area (TPSA) is 24.9 Å². The number of hydrogen-bond donors (Lipinski definition) is 1. The first-order valence-corrected chi connectivity index (χ1v) is 7.35. The molecule has 1 aliphatic rings. The minimum absolute atomic E-state index is 0.239. The lowest BCUT2D eigenvalue weighted by atomic mass is 10.0. The first kappa shape index (κ1) is 14.9. The largest absolute Gasteiger partial charge is 0.378 e. The van der Waals surface area contributed by atoms with Gasteiger partial charge in [0.1, 0.15) is 5.82 Å². The van der Waals surface area contributed by atoms with Crippen molar-refractivity contribution in [1.82, 2.24) is 4.98 Å². The molecule has 1 aromatic carbocycles. The van der Waals surface area contributed by atoms with Crippen LogP contribution >= 0.6 is 0 Å². The lowest BCUT2D eigenvalue weighted by Gasteiger charge is -2.18. The minimum Gasteiger partial charge on any atom is -0.378 e. The fourth-order valence-corrected chi connectivity index (χ4v) is 2.54. The van der Waals surface area contributed by atoms with Crippen LogP contribution in [0.25, 0.3) is 0 Å². The van der Waals surface area contributed by atoms with Gasteiger partial charge in [0.2, 0.25) is 0 Å². The Kier molecular flexibility index (Phi) is 4.05. The fraction of sp³-hybridized carbons (Fsp3) is 0.353. The molecule has 2 aromatic rings. The van der Waals surface area contributed by atoms with Gasteiger partial charge in [0.05, 0.1) is 11.6 Å². The lowest BCUT2D eigenvalue weighted by molar-refractivity contribution is 0.146. The number of benzene rings is 1. The van der Waals surface area contributed by atoms with Crippen LogP contribution in [0.5, 0.6) is 0 Å². The first-order chi connectivity index (χ1) is 10.6. The predicted molar refractivity (Wildman–Crippen MR) is 79.6 cm³/mol. The summed E-state index contributed by atoms with van der Waals surface area (Å²) in [6.45, 7) is 1.75. The van der Waals surface area contributed by atoms with Gasteiger partial charge in [-0.25, -0.2) is 13.2 Å². The van der Waals surface area contributed by atoms with Gasteiger partial charge in [0.15, 0.2) is 0 Å². The van der Waals surface area contributed by atoms with Gasteiger partial charge in [0.25, 0.3) is 6.43 Å². The number of anilines is 1. The van der Waals surface area contributed by atoms with Gasteiger partial charge >= 0.3 is 0 Å². The van der Waals surface area contributed by atoms with Gasteiger partial charge in [-0.1, -0.05) is 18.2 Å². The third kappa shape index (κ3) is 3.08. The van der Waals surface area contributed by atoms with Crippen LogP contribution in [-0.2, 0) is 0 Å². The van der Waals surface area contributed by atoms with Crippen molar-refractivity contribution in [2.75, 3.05) is 5.32 Å². The van der Waals surface area contributed by atoms with Crippen molar-refractivity contribution >= 4 is 5.69 Å². The van der Waals surface area contributed by atoms with Crippen LogP contribution in [0.2, 0.25) is 0 Å². The number of halogens is 3. The number of hydrogen-bond acceptors (Lipinski definition) is 2. The van der Waals surface area contributed by atoms with Crippen LogP contribution in [0.1, 0.15) is 55.0 Å². The maximum Gasteiger partial charge on any atom is 0.266 e. The summed E-state index contributed by atoms with van der Waals surface area (Å²) in [5.74, 6) is -0.315. The van der Waals surface area contributed by atoms with Gasteiger partial charge < -0.3 is 5.32 Å². The molecule has 0 spiro atoms. The van der Waals surface area contributed by atoms with Crippen molar-refractivity contribution in [3.63, 3.8) is 0 Å². The third-order valence-electron chi connectivity index (χ3n) is 3.92. The second kappa shape index (κ2) is 5.99. The molecule has 0 saturated heterocycles. The van der Waals surface area contributed by atoms with Crippen LogP contribution in [0, 0.1) is 5.82 Å². The standard InChI is InChI=1S/C17H17F3N2/c1-10(13-3-2-4-14(16(13)18)17(19)20)22-12-7-8-21-15(9-12)11-5-6-11/h2-4,7-11,17H,5-6H2,1H3,(H,21,22). The highest BCUT2D eigenvalue weighted by Crippen LogP contribution is 2.39. The van der Waals surface area contributed by atoms with Crippen molar-refractivity contribution in [3.05, 3.63) is 59.2 Å². The fourth-order valence-electron chi connectivity index (χ4n) is 2.54. The molecule has 3 rings (SSSR count). The van der Waals surface area contributed by atoms with Gasteiger partial charge in [-0.3, -0.25) is 4.98 Å². The van der Waals surface area contributed by atoms with E-state index in [4.69, 9.17) is 0 Å². The van der Waals surface area contributed by atoms with E-state index in [2.05, 4.69) is 10.3 Å². The van der Waals surface area contributed by atoms with Gasteiger partial charge in [-0.15, -0.1) is 0 Å². The average Bonchev–Trinajstić information content (AvgIpc) is 3.32. The molecule has 1 fully saturated rings. The monoisotopic (exact) mass is 306 g/mol. The van der Waals surface area contributed by atoms with Gasteiger partial charge in [-0.2, -0.15) is 0 Å². The van der Waals surface area contributed by atoms with Crippen LogP contribution < -0.4 is 5.32 Å². The van der Waals surface area contributed by atoms with E-state index in [0.29, 0.717) is 5.92 Å². The van der Waals surface area contributed by atoms with Crippen LogP contribution in [0.15, 0.2) is 36.5 Å². The first-order valence-electron chi connectivity index (χ1n) is 7.35. The lowest BCUT2D eigenvalue weighted by Crippen LogP contribution is -2.10. The predicted octanol–water partition coefficient (Wildman–Crippen LogP) is 5.21. The summed E-state index contributed by atoms with van der Waals surface area (Å²) in [5, 5.41) is 3.16. The highest BCUT2D eigenvalue weighted by molar-refractivity contribution is 5.47. The summed E-state index contributed by atoms with van der Waals surface area (Å²) in [7, 11) is 0. The zero-order valence-corrected chi connectivity index (χ0v) is 12.2. The summed E-state index contributed by atoms with van der Waals surface area (Å²) in [5.41, 5.74) is 1.53. The summed E-state index contributed by atoms with van der Waals surface area (Å²) in [6, 6.07) is 7.45. The molecule has 5 heteroatoms. The Labute approximate surface area is 127 Å². The molecule has 1 saturated carbocycles. The molecule has 0 amide bonds. The zero-order chi connectivity index (χ0) is 15.7. The van der Waals surface area contributed by atoms with Crippen LogP contribution in [0.3, 0.4) is 0 Å². The Morgan fingerprint density at radius 2 is 1.91 bits per heavy atom. The number of alkyl halides is 2. The number of rotatable bonds is 5. The normalized spacial score (nSPS) is 15.9. The molecule has 1 heterocycles. The Bertz CT molecular complexity index is 669. The number of aromatic nitrogens is 1. The second-order valence-electron chi connectivity index (χ2n) is 5.66. The SMILES string of the molecule is CC(Nc1ccnc(C2CC2)c1)c1cccc(C(F)F)c1F. The number of nitrogens with zero attached hydrogens (tertiary/aromatic N) is 1. The number of nitrogens with one attached hydrogen (secondary N) is 1. The smallest absolute Gasteiger partial charge is 0.266 e. The molecule has 0 bridgehead atoms. The molecule has 1 aliphatic carbocycles. The van der Waals surface area contributed by atoms with E-state index in [1.165, 1.54) is 12.1 Å². The van der Waals surface area contributed by atoms with Crippen molar-refractivity contribution in [3.8, 4) is 0 Å².